The maximum Gasteiger partial charge on any atom is 0.187 e. The number of rotatable bonds is 2. The zero-order chi connectivity index (χ0) is 10.7. The van der Waals surface area contributed by atoms with E-state index in [1.54, 1.807) is 23.6 Å². The molecule has 0 unspecified atom stereocenters. The van der Waals surface area contributed by atoms with Crippen LogP contribution >= 0.6 is 11.3 Å². The first-order chi connectivity index (χ1) is 7.28. The quantitative estimate of drug-likeness (QED) is 0.837. The van der Waals surface area contributed by atoms with Gasteiger partial charge in [-0.05, 0) is 19.1 Å². The molecule has 2 heterocycles. The monoisotopic (exact) mass is 216 g/mol. The van der Waals surface area contributed by atoms with Crippen molar-refractivity contribution in [3.8, 4) is 6.07 Å². The van der Waals surface area contributed by atoms with Crippen LogP contribution in [0.4, 0.5) is 10.8 Å². The first-order valence-electron chi connectivity index (χ1n) is 4.33. The average Bonchev–Trinajstić information content (AvgIpc) is 2.65. The molecule has 0 radical (unpaired) electrons. The summed E-state index contributed by atoms with van der Waals surface area (Å²) < 4.78 is 0. The molecule has 0 saturated carbocycles. The van der Waals surface area contributed by atoms with Crippen molar-refractivity contribution < 1.29 is 0 Å². The van der Waals surface area contributed by atoms with Crippen molar-refractivity contribution in [2.75, 3.05) is 5.32 Å². The van der Waals surface area contributed by atoms with Crippen molar-refractivity contribution in [3.05, 3.63) is 35.1 Å². The molecule has 0 saturated heterocycles. The van der Waals surface area contributed by atoms with E-state index in [-0.39, 0.29) is 0 Å². The number of nitrogens with zero attached hydrogens (tertiary/aromatic N) is 3. The second-order valence-electron chi connectivity index (χ2n) is 2.94. The Morgan fingerprint density at radius 1 is 1.33 bits per heavy atom. The van der Waals surface area contributed by atoms with Gasteiger partial charge in [-0.3, -0.25) is 0 Å². The van der Waals surface area contributed by atoms with Crippen LogP contribution in [0.3, 0.4) is 0 Å². The SMILES string of the molecule is Cc1cnc(Nc2ccc(C#N)nc2)s1. The van der Waals surface area contributed by atoms with Crippen LogP contribution in [0.25, 0.3) is 0 Å². The van der Waals surface area contributed by atoms with Gasteiger partial charge in [0.25, 0.3) is 0 Å². The molecule has 2 aromatic rings. The van der Waals surface area contributed by atoms with E-state index in [1.165, 1.54) is 0 Å². The molecule has 0 bridgehead atoms. The molecule has 5 heteroatoms. The standard InChI is InChI=1S/C10H8N4S/c1-7-5-13-10(15-7)14-9-3-2-8(4-11)12-6-9/h2-3,5-6H,1H3,(H,13,14). The van der Waals surface area contributed by atoms with Crippen molar-refractivity contribution in [1.29, 1.82) is 5.26 Å². The lowest BCUT2D eigenvalue weighted by atomic mass is 10.3. The third-order valence-electron chi connectivity index (χ3n) is 1.75. The van der Waals surface area contributed by atoms with Crippen LogP contribution in [0.15, 0.2) is 24.5 Å². The molecule has 0 aliphatic rings. The van der Waals surface area contributed by atoms with Crippen LogP contribution in [-0.4, -0.2) is 9.97 Å². The third kappa shape index (κ3) is 2.30. The Morgan fingerprint density at radius 2 is 2.20 bits per heavy atom. The Morgan fingerprint density at radius 3 is 2.73 bits per heavy atom. The normalized spacial score (nSPS) is 9.60. The predicted octanol–water partition coefficient (Wildman–Crippen LogP) is 2.46. The summed E-state index contributed by atoms with van der Waals surface area (Å²) >= 11 is 1.58. The largest absolute Gasteiger partial charge is 0.330 e. The minimum atomic E-state index is 0.413. The molecule has 0 amide bonds. The highest BCUT2D eigenvalue weighted by atomic mass is 32.1. The summed E-state index contributed by atoms with van der Waals surface area (Å²) in [6, 6.07) is 5.45. The molecular weight excluding hydrogens is 208 g/mol. The zero-order valence-electron chi connectivity index (χ0n) is 8.06. The van der Waals surface area contributed by atoms with Gasteiger partial charge in [-0.15, -0.1) is 11.3 Å². The van der Waals surface area contributed by atoms with Crippen LogP contribution in [0.1, 0.15) is 10.6 Å². The molecule has 1 N–H and O–H groups in total. The van der Waals surface area contributed by atoms with E-state index in [2.05, 4.69) is 15.3 Å². The molecular formula is C10H8N4S. The molecule has 0 aliphatic heterocycles. The van der Waals surface area contributed by atoms with E-state index in [0.29, 0.717) is 5.69 Å². The minimum absolute atomic E-state index is 0.413. The fourth-order valence-electron chi connectivity index (χ4n) is 1.07. The van der Waals surface area contributed by atoms with Crippen molar-refractivity contribution in [1.82, 2.24) is 9.97 Å². The van der Waals surface area contributed by atoms with E-state index >= 15 is 0 Å². The van der Waals surface area contributed by atoms with Gasteiger partial charge in [0.15, 0.2) is 5.13 Å². The van der Waals surface area contributed by atoms with Gasteiger partial charge in [-0.1, -0.05) is 0 Å². The van der Waals surface area contributed by atoms with Crippen LogP contribution in [0, 0.1) is 18.3 Å². The number of aromatic nitrogens is 2. The van der Waals surface area contributed by atoms with Crippen molar-refractivity contribution in [2.24, 2.45) is 0 Å². The molecule has 15 heavy (non-hydrogen) atoms. The van der Waals surface area contributed by atoms with Crippen LogP contribution in [0.5, 0.6) is 0 Å². The maximum atomic E-state index is 8.58. The molecule has 0 aromatic carbocycles. The number of aryl methyl sites for hydroxylation is 1. The van der Waals surface area contributed by atoms with E-state index in [0.717, 1.165) is 15.7 Å². The van der Waals surface area contributed by atoms with Gasteiger partial charge >= 0.3 is 0 Å². The molecule has 0 fully saturated rings. The van der Waals surface area contributed by atoms with Crippen LogP contribution in [0.2, 0.25) is 0 Å². The van der Waals surface area contributed by atoms with E-state index in [1.807, 2.05) is 25.3 Å². The van der Waals surface area contributed by atoms with Gasteiger partial charge in [0.1, 0.15) is 11.8 Å². The number of nitriles is 1. The van der Waals surface area contributed by atoms with Crippen molar-refractivity contribution >= 4 is 22.2 Å². The summed E-state index contributed by atoms with van der Waals surface area (Å²) in [6.45, 7) is 2.00. The second kappa shape index (κ2) is 4.07. The minimum Gasteiger partial charge on any atom is -0.330 e. The first-order valence-corrected chi connectivity index (χ1v) is 5.15. The Kier molecular flexibility index (Phi) is 2.61. The highest BCUT2D eigenvalue weighted by Gasteiger charge is 1.99. The highest BCUT2D eigenvalue weighted by molar-refractivity contribution is 7.15. The lowest BCUT2D eigenvalue weighted by Gasteiger charge is -2.00. The van der Waals surface area contributed by atoms with Crippen molar-refractivity contribution in [3.63, 3.8) is 0 Å². The van der Waals surface area contributed by atoms with Gasteiger partial charge in [0, 0.05) is 11.1 Å². The Balaban J connectivity index is 2.15. The summed E-state index contributed by atoms with van der Waals surface area (Å²) in [7, 11) is 0. The molecule has 2 aromatic heterocycles. The fraction of sp³-hybridized carbons (Fsp3) is 0.100. The number of anilines is 2. The Bertz CT molecular complexity index is 495. The second-order valence-corrected chi connectivity index (χ2v) is 4.18. The van der Waals surface area contributed by atoms with Gasteiger partial charge in [-0.2, -0.15) is 5.26 Å². The van der Waals surface area contributed by atoms with E-state index < -0.39 is 0 Å². The molecule has 0 aliphatic carbocycles. The molecule has 4 nitrogen and oxygen atoms in total. The number of nitrogens with one attached hydrogen (secondary N) is 1. The van der Waals surface area contributed by atoms with Gasteiger partial charge in [-0.25, -0.2) is 9.97 Å². The smallest absolute Gasteiger partial charge is 0.187 e. The Labute approximate surface area is 91.2 Å². The topological polar surface area (TPSA) is 61.6 Å². The van der Waals surface area contributed by atoms with Crippen LogP contribution < -0.4 is 5.32 Å². The summed E-state index contributed by atoms with van der Waals surface area (Å²) in [5.41, 5.74) is 1.25. The first kappa shape index (κ1) is 9.62. The molecule has 2 rings (SSSR count). The summed E-state index contributed by atoms with van der Waals surface area (Å²) in [5, 5.41) is 12.5. The molecule has 74 valence electrons. The number of pyridine rings is 1. The predicted molar refractivity (Wildman–Crippen MR) is 59.1 cm³/mol. The van der Waals surface area contributed by atoms with Gasteiger partial charge in [0.05, 0.1) is 11.9 Å². The molecule has 0 spiro atoms. The van der Waals surface area contributed by atoms with Crippen LogP contribution in [-0.2, 0) is 0 Å². The number of hydrogen-bond donors (Lipinski definition) is 1. The number of thiazole rings is 1. The van der Waals surface area contributed by atoms with E-state index in [4.69, 9.17) is 5.26 Å². The number of hydrogen-bond acceptors (Lipinski definition) is 5. The Hall–Kier alpha value is -1.93. The lowest BCUT2D eigenvalue weighted by molar-refractivity contribution is 1.26. The molecule has 0 atom stereocenters. The lowest BCUT2D eigenvalue weighted by Crippen LogP contribution is -1.90. The average molecular weight is 216 g/mol. The van der Waals surface area contributed by atoms with Crippen molar-refractivity contribution in [2.45, 2.75) is 6.92 Å². The zero-order valence-corrected chi connectivity index (χ0v) is 8.88. The van der Waals surface area contributed by atoms with E-state index in [9.17, 15) is 0 Å². The fourth-order valence-corrected chi connectivity index (χ4v) is 1.75. The summed E-state index contributed by atoms with van der Waals surface area (Å²) in [5.74, 6) is 0. The summed E-state index contributed by atoms with van der Waals surface area (Å²) in [6.07, 6.45) is 3.43. The van der Waals surface area contributed by atoms with Gasteiger partial charge in [0.2, 0.25) is 0 Å². The maximum absolute atomic E-state index is 8.58. The third-order valence-corrected chi connectivity index (χ3v) is 2.58. The summed E-state index contributed by atoms with van der Waals surface area (Å²) in [4.78, 5) is 9.27. The highest BCUT2D eigenvalue weighted by Crippen LogP contribution is 2.21. The van der Waals surface area contributed by atoms with Gasteiger partial charge < -0.3 is 5.32 Å².